The van der Waals surface area contributed by atoms with Gasteiger partial charge >= 0.3 is 0 Å². The predicted molar refractivity (Wildman–Crippen MR) is 95.0 cm³/mol. The van der Waals surface area contributed by atoms with E-state index >= 15 is 0 Å². The number of furan rings is 1. The maximum atomic E-state index is 13.6. The molecule has 5 nitrogen and oxygen atoms in total. The molecule has 2 aromatic heterocycles. The van der Waals surface area contributed by atoms with Crippen molar-refractivity contribution in [1.82, 2.24) is 9.97 Å². The zero-order valence-electron chi connectivity index (χ0n) is 13.2. The molecule has 0 aliphatic heterocycles. The molecular weight excluding hydrogens is 360 g/mol. The van der Waals surface area contributed by atoms with E-state index in [9.17, 15) is 13.6 Å². The molecule has 130 valence electrons. The average Bonchev–Trinajstić information content (AvgIpc) is 3.02. The van der Waals surface area contributed by atoms with Gasteiger partial charge in [-0.05, 0) is 24.3 Å². The highest BCUT2D eigenvalue weighted by atomic mass is 32.2. The number of nitrogens with zero attached hydrogens (tertiary/aromatic N) is 2. The zero-order valence-corrected chi connectivity index (χ0v) is 14.0. The van der Waals surface area contributed by atoms with Gasteiger partial charge in [-0.3, -0.25) is 4.79 Å². The summed E-state index contributed by atoms with van der Waals surface area (Å²) in [5, 5.41) is 3.57. The van der Waals surface area contributed by atoms with E-state index in [1.807, 2.05) is 24.3 Å². The molecule has 0 saturated carbocycles. The van der Waals surface area contributed by atoms with Crippen LogP contribution in [0.25, 0.3) is 22.1 Å². The van der Waals surface area contributed by atoms with Crippen molar-refractivity contribution in [2.24, 2.45) is 0 Å². The number of nitrogens with one attached hydrogen (secondary N) is 1. The number of hydrogen-bond acceptors (Lipinski definition) is 5. The van der Waals surface area contributed by atoms with Gasteiger partial charge in [0.25, 0.3) is 0 Å². The number of fused-ring (bicyclic) bond motifs is 3. The number of carbonyl (C=O) groups is 1. The fourth-order valence-corrected chi connectivity index (χ4v) is 3.26. The summed E-state index contributed by atoms with van der Waals surface area (Å²) in [6.07, 6.45) is 1.39. The second-order valence-electron chi connectivity index (χ2n) is 5.39. The van der Waals surface area contributed by atoms with E-state index in [4.69, 9.17) is 4.42 Å². The van der Waals surface area contributed by atoms with E-state index in [2.05, 4.69) is 15.3 Å². The third-order valence-corrected chi connectivity index (χ3v) is 4.66. The minimum absolute atomic E-state index is 0.0864. The smallest absolute Gasteiger partial charge is 0.234 e. The number of anilines is 1. The molecule has 0 unspecified atom stereocenters. The molecule has 0 aliphatic carbocycles. The molecule has 1 N–H and O–H groups in total. The van der Waals surface area contributed by atoms with Crippen LogP contribution in [-0.2, 0) is 4.79 Å². The Hall–Kier alpha value is -3.00. The number of thioether (sulfide) groups is 1. The van der Waals surface area contributed by atoms with Gasteiger partial charge < -0.3 is 9.73 Å². The maximum Gasteiger partial charge on any atom is 0.234 e. The number of rotatable bonds is 4. The van der Waals surface area contributed by atoms with Gasteiger partial charge in [0.15, 0.2) is 5.58 Å². The summed E-state index contributed by atoms with van der Waals surface area (Å²) in [7, 11) is 0. The lowest BCUT2D eigenvalue weighted by Crippen LogP contribution is -2.16. The first-order valence-corrected chi connectivity index (χ1v) is 8.61. The van der Waals surface area contributed by atoms with E-state index in [1.165, 1.54) is 12.4 Å². The second-order valence-corrected chi connectivity index (χ2v) is 6.35. The lowest BCUT2D eigenvalue weighted by atomic mass is 10.2. The molecule has 1 amide bonds. The number of para-hydroxylation sites is 2. The highest BCUT2D eigenvalue weighted by molar-refractivity contribution is 8.00. The third kappa shape index (κ3) is 2.99. The quantitative estimate of drug-likeness (QED) is 0.426. The molecule has 4 aromatic rings. The Morgan fingerprint density at radius 1 is 1.08 bits per heavy atom. The summed E-state index contributed by atoms with van der Waals surface area (Å²) in [6.45, 7) is 0. The fourth-order valence-electron chi connectivity index (χ4n) is 2.53. The molecule has 8 heteroatoms. The number of carbonyl (C=O) groups excluding carboxylic acids is 1. The van der Waals surface area contributed by atoms with Crippen molar-refractivity contribution in [1.29, 1.82) is 0 Å². The van der Waals surface area contributed by atoms with Gasteiger partial charge in [0, 0.05) is 5.39 Å². The Kier molecular flexibility index (Phi) is 4.26. The van der Waals surface area contributed by atoms with Gasteiger partial charge in [-0.2, -0.15) is 0 Å². The number of hydrogen-bond donors (Lipinski definition) is 1. The minimum Gasteiger partial charge on any atom is -0.451 e. The maximum absolute atomic E-state index is 13.6. The lowest BCUT2D eigenvalue weighted by Gasteiger charge is -2.07. The van der Waals surface area contributed by atoms with Crippen LogP contribution in [0.3, 0.4) is 0 Å². The molecule has 0 spiro atoms. The first kappa shape index (κ1) is 16.5. The minimum atomic E-state index is -0.829. The van der Waals surface area contributed by atoms with Crippen LogP contribution in [0, 0.1) is 11.6 Å². The van der Waals surface area contributed by atoms with Crippen LogP contribution in [0.1, 0.15) is 0 Å². The van der Waals surface area contributed by atoms with Crippen molar-refractivity contribution in [2.45, 2.75) is 5.03 Å². The topological polar surface area (TPSA) is 68.0 Å². The SMILES string of the molecule is O=C(CSc1ncnc2c1oc1ccccc12)Nc1c(F)cccc1F. The molecule has 2 heterocycles. The van der Waals surface area contributed by atoms with Gasteiger partial charge in [0.1, 0.15) is 39.8 Å². The monoisotopic (exact) mass is 371 g/mol. The number of amides is 1. The van der Waals surface area contributed by atoms with Gasteiger partial charge in [0.05, 0.1) is 5.75 Å². The highest BCUT2D eigenvalue weighted by Gasteiger charge is 2.16. The molecule has 0 atom stereocenters. The van der Waals surface area contributed by atoms with Crippen LogP contribution in [0.5, 0.6) is 0 Å². The summed E-state index contributed by atoms with van der Waals surface area (Å²) >= 11 is 1.10. The summed E-state index contributed by atoms with van der Waals surface area (Å²) in [6, 6.07) is 10.8. The van der Waals surface area contributed by atoms with Crippen LogP contribution in [0.4, 0.5) is 14.5 Å². The zero-order chi connectivity index (χ0) is 18.1. The Bertz CT molecular complexity index is 1110. The molecule has 0 aliphatic rings. The first-order valence-electron chi connectivity index (χ1n) is 7.62. The summed E-state index contributed by atoms with van der Waals surface area (Å²) < 4.78 is 33.0. The molecule has 0 bridgehead atoms. The van der Waals surface area contributed by atoms with Gasteiger partial charge in [-0.25, -0.2) is 18.7 Å². The average molecular weight is 371 g/mol. The first-order chi connectivity index (χ1) is 12.6. The van der Waals surface area contributed by atoms with E-state index in [0.29, 0.717) is 21.7 Å². The Labute approximate surface area is 150 Å². The number of halogens is 2. The van der Waals surface area contributed by atoms with Crippen molar-refractivity contribution in [3.8, 4) is 0 Å². The van der Waals surface area contributed by atoms with Crippen molar-refractivity contribution in [2.75, 3.05) is 11.1 Å². The van der Waals surface area contributed by atoms with Crippen LogP contribution >= 0.6 is 11.8 Å². The van der Waals surface area contributed by atoms with E-state index in [0.717, 1.165) is 29.3 Å². The lowest BCUT2D eigenvalue weighted by molar-refractivity contribution is -0.113. The van der Waals surface area contributed by atoms with Gasteiger partial charge in [-0.15, -0.1) is 0 Å². The largest absolute Gasteiger partial charge is 0.451 e. The van der Waals surface area contributed by atoms with Crippen molar-refractivity contribution in [3.05, 3.63) is 60.4 Å². The summed E-state index contributed by atoms with van der Waals surface area (Å²) in [4.78, 5) is 20.4. The molecular formula is C18H11F2N3O2S. The Balaban J connectivity index is 1.55. The molecule has 0 radical (unpaired) electrons. The van der Waals surface area contributed by atoms with E-state index in [1.54, 1.807) is 0 Å². The molecule has 4 rings (SSSR count). The van der Waals surface area contributed by atoms with Crippen LogP contribution in [0.2, 0.25) is 0 Å². The van der Waals surface area contributed by atoms with Crippen molar-refractivity contribution >= 4 is 45.4 Å². The van der Waals surface area contributed by atoms with Crippen LogP contribution < -0.4 is 5.32 Å². The van der Waals surface area contributed by atoms with Gasteiger partial charge in [-0.1, -0.05) is 30.0 Å². The Morgan fingerprint density at radius 2 is 1.85 bits per heavy atom. The fraction of sp³-hybridized carbons (Fsp3) is 0.0556. The Morgan fingerprint density at radius 3 is 2.65 bits per heavy atom. The molecule has 26 heavy (non-hydrogen) atoms. The summed E-state index contributed by atoms with van der Waals surface area (Å²) in [5.41, 5.74) is 1.33. The van der Waals surface area contributed by atoms with E-state index < -0.39 is 23.2 Å². The summed E-state index contributed by atoms with van der Waals surface area (Å²) in [5.74, 6) is -2.30. The molecule has 0 saturated heterocycles. The number of aromatic nitrogens is 2. The highest BCUT2D eigenvalue weighted by Crippen LogP contribution is 2.32. The standard InChI is InChI=1S/C18H11F2N3O2S/c19-11-5-3-6-12(20)16(11)23-14(24)8-26-18-17-15(21-9-22-18)10-4-1-2-7-13(10)25-17/h1-7,9H,8H2,(H,23,24). The molecule has 2 aromatic carbocycles. The second kappa shape index (κ2) is 6.72. The van der Waals surface area contributed by atoms with Crippen molar-refractivity contribution in [3.63, 3.8) is 0 Å². The van der Waals surface area contributed by atoms with Crippen molar-refractivity contribution < 1.29 is 18.0 Å². The van der Waals surface area contributed by atoms with Crippen LogP contribution in [0.15, 0.2) is 58.2 Å². The van der Waals surface area contributed by atoms with E-state index in [-0.39, 0.29) is 5.75 Å². The molecule has 0 fully saturated rings. The predicted octanol–water partition coefficient (Wildman–Crippen LogP) is 4.39. The van der Waals surface area contributed by atoms with Gasteiger partial charge in [0.2, 0.25) is 5.91 Å². The normalized spacial score (nSPS) is 11.2. The third-order valence-electron chi connectivity index (χ3n) is 3.69. The number of benzene rings is 2. The van der Waals surface area contributed by atoms with Crippen LogP contribution in [-0.4, -0.2) is 21.6 Å².